The molecular weight excluding hydrogens is 624 g/mol. The van der Waals surface area contributed by atoms with Gasteiger partial charge in [-0.2, -0.15) is 0 Å². The highest BCUT2D eigenvalue weighted by Crippen LogP contribution is 2.49. The maximum Gasteiger partial charge on any atom is 0.254 e. The highest BCUT2D eigenvalue weighted by molar-refractivity contribution is 8.01. The second kappa shape index (κ2) is 14.7. The van der Waals surface area contributed by atoms with Crippen LogP contribution in [-0.4, -0.2) is 50.5 Å². The number of methoxy groups -OCH3 is 1. The van der Waals surface area contributed by atoms with Crippen molar-refractivity contribution in [2.75, 3.05) is 23.6 Å². The second-order valence-electron chi connectivity index (χ2n) is 11.2. The summed E-state index contributed by atoms with van der Waals surface area (Å²) in [5.74, 6) is -0.374. The Bertz CT molecular complexity index is 1710. The van der Waals surface area contributed by atoms with Gasteiger partial charge in [0.05, 0.1) is 53.9 Å². The first-order valence-electron chi connectivity index (χ1n) is 15.4. The monoisotopic (exact) mass is 660 g/mol. The number of hydrogen-bond donors (Lipinski definition) is 4. The summed E-state index contributed by atoms with van der Waals surface area (Å²) in [4.78, 5) is 31.1. The van der Waals surface area contributed by atoms with Gasteiger partial charge in [0.25, 0.3) is 5.91 Å². The highest BCUT2D eigenvalue weighted by atomic mass is 32.2. The molecule has 2 aliphatic carbocycles. The van der Waals surface area contributed by atoms with Crippen molar-refractivity contribution < 1.29 is 13.9 Å². The normalized spacial score (nSPS) is 17.0. The van der Waals surface area contributed by atoms with E-state index in [4.69, 9.17) is 9.72 Å². The largest absolute Gasteiger partial charge is 0.493 e. The second-order valence-corrected chi connectivity index (χ2v) is 13.4. The Morgan fingerprint density at radius 3 is 2.54 bits per heavy atom. The fourth-order valence-corrected chi connectivity index (χ4v) is 7.08. The zero-order valence-electron chi connectivity index (χ0n) is 26.0. The quantitative estimate of drug-likeness (QED) is 0.110. The molecule has 0 saturated heterocycles. The van der Waals surface area contributed by atoms with Crippen molar-refractivity contribution >= 4 is 41.2 Å². The summed E-state index contributed by atoms with van der Waals surface area (Å²) in [6, 6.07) is 8.36. The Hall–Kier alpha value is -3.94. The molecular formula is C33H37FN8O2S2. The van der Waals surface area contributed by atoms with Crippen LogP contribution in [-0.2, 0) is 19.5 Å². The lowest BCUT2D eigenvalue weighted by Crippen LogP contribution is -2.24. The predicted molar refractivity (Wildman–Crippen MR) is 182 cm³/mol. The minimum absolute atomic E-state index is 0.0597. The molecule has 2 aliphatic rings. The number of rotatable bonds is 15. The Morgan fingerprint density at radius 2 is 1.80 bits per heavy atom. The molecule has 4 aromatic rings. The van der Waals surface area contributed by atoms with Crippen molar-refractivity contribution in [3.63, 3.8) is 0 Å². The molecule has 3 aromatic heterocycles. The van der Waals surface area contributed by atoms with Crippen LogP contribution in [0, 0.1) is 5.82 Å². The van der Waals surface area contributed by atoms with Gasteiger partial charge >= 0.3 is 0 Å². The van der Waals surface area contributed by atoms with E-state index in [1.807, 2.05) is 25.4 Å². The number of hydrogen-bond acceptors (Lipinski definition) is 11. The molecule has 240 valence electrons. The molecule has 13 heteroatoms. The van der Waals surface area contributed by atoms with E-state index >= 15 is 4.39 Å². The lowest BCUT2D eigenvalue weighted by Gasteiger charge is -2.14. The minimum atomic E-state index is -0.635. The van der Waals surface area contributed by atoms with Gasteiger partial charge < -0.3 is 24.8 Å². The number of nitrogens with one attached hydrogen (secondary N) is 4. The van der Waals surface area contributed by atoms with Crippen LogP contribution in [0.25, 0.3) is 11.3 Å². The number of nitrogens with zero attached hydrogens (tertiary/aromatic N) is 4. The maximum absolute atomic E-state index is 15.3. The standard InChI is InChI=1S/C33H37FN8O2S2/c1-4-21-25(9-11-37-28(21)15-35-2)41-46-31-14-23(31)29-17-36-16-27(40-29)19-5-8-22(24(34)13-19)33(43)39-18-30-32(44-3)26(10-12-38-30)42-45-20-6-7-20/h5,8-13,16-17,20,23,31,35H,4,6-7,14-15,18H2,1-3H3,(H,37,41)(H,38,42)(H,39,43). The molecule has 1 amide bonds. The van der Waals surface area contributed by atoms with E-state index in [1.165, 1.54) is 30.5 Å². The van der Waals surface area contributed by atoms with E-state index in [-0.39, 0.29) is 18.0 Å². The average molecular weight is 661 g/mol. The smallest absolute Gasteiger partial charge is 0.254 e. The minimum Gasteiger partial charge on any atom is -0.493 e. The van der Waals surface area contributed by atoms with Crippen LogP contribution >= 0.6 is 23.9 Å². The molecule has 2 fully saturated rings. The average Bonchev–Trinajstić information content (AvgIpc) is 4.02. The Kier molecular flexibility index (Phi) is 10.2. The van der Waals surface area contributed by atoms with Crippen molar-refractivity contribution in [1.29, 1.82) is 0 Å². The first-order valence-corrected chi connectivity index (χ1v) is 17.1. The number of pyridine rings is 2. The summed E-state index contributed by atoms with van der Waals surface area (Å²) in [5.41, 5.74) is 6.63. The number of halogens is 1. The van der Waals surface area contributed by atoms with E-state index in [0.717, 1.165) is 42.1 Å². The molecule has 2 saturated carbocycles. The molecule has 2 atom stereocenters. The summed E-state index contributed by atoms with van der Waals surface area (Å²) in [6.07, 6.45) is 11.1. The first-order chi connectivity index (χ1) is 22.5. The molecule has 6 rings (SSSR count). The number of carbonyl (C=O) groups excluding carboxylic acids is 1. The van der Waals surface area contributed by atoms with Crippen LogP contribution in [0.2, 0.25) is 0 Å². The molecule has 46 heavy (non-hydrogen) atoms. The third-order valence-electron chi connectivity index (χ3n) is 7.90. The van der Waals surface area contributed by atoms with Crippen LogP contribution < -0.4 is 24.8 Å². The Morgan fingerprint density at radius 1 is 1.02 bits per heavy atom. The Balaban J connectivity index is 1.07. The van der Waals surface area contributed by atoms with Crippen LogP contribution in [0.15, 0.2) is 55.1 Å². The van der Waals surface area contributed by atoms with Gasteiger partial charge in [0, 0.05) is 47.1 Å². The molecule has 2 unspecified atom stereocenters. The SMILES string of the molecule is CCc1c(NSC2CC2c2cncc(-c3ccc(C(=O)NCc4nccc(NSC5CC5)c4OC)c(F)c3)n2)ccnc1CNC. The van der Waals surface area contributed by atoms with Crippen molar-refractivity contribution in [2.45, 2.75) is 62.1 Å². The molecule has 0 spiro atoms. The number of anilines is 2. The van der Waals surface area contributed by atoms with E-state index in [0.29, 0.717) is 33.2 Å². The van der Waals surface area contributed by atoms with Crippen molar-refractivity contribution in [3.05, 3.63) is 89.1 Å². The number of aromatic nitrogens is 4. The molecule has 3 heterocycles. The zero-order chi connectivity index (χ0) is 32.0. The number of benzene rings is 1. The molecule has 1 aromatic carbocycles. The van der Waals surface area contributed by atoms with Gasteiger partial charge in [-0.25, -0.2) is 9.37 Å². The topological polar surface area (TPSA) is 126 Å². The molecule has 4 N–H and O–H groups in total. The third kappa shape index (κ3) is 7.54. The number of amides is 1. The highest BCUT2D eigenvalue weighted by Gasteiger charge is 2.41. The summed E-state index contributed by atoms with van der Waals surface area (Å²) < 4.78 is 27.7. The first kappa shape index (κ1) is 32.0. The van der Waals surface area contributed by atoms with Gasteiger partial charge in [0.2, 0.25) is 0 Å². The van der Waals surface area contributed by atoms with Gasteiger partial charge in [0.15, 0.2) is 5.75 Å². The Labute approximate surface area is 276 Å². The third-order valence-corrected chi connectivity index (χ3v) is 10.2. The lowest BCUT2D eigenvalue weighted by atomic mass is 10.1. The zero-order valence-corrected chi connectivity index (χ0v) is 27.6. The fourth-order valence-electron chi connectivity index (χ4n) is 5.17. The molecule has 10 nitrogen and oxygen atoms in total. The summed E-state index contributed by atoms with van der Waals surface area (Å²) >= 11 is 3.34. The van der Waals surface area contributed by atoms with E-state index in [2.05, 4.69) is 42.0 Å². The van der Waals surface area contributed by atoms with Gasteiger partial charge in [-0.3, -0.25) is 19.7 Å². The van der Waals surface area contributed by atoms with Crippen LogP contribution in [0.4, 0.5) is 15.8 Å². The van der Waals surface area contributed by atoms with E-state index in [9.17, 15) is 4.79 Å². The number of carbonyl (C=O) groups is 1. The van der Waals surface area contributed by atoms with Gasteiger partial charge in [-0.05, 0) is 86.5 Å². The van der Waals surface area contributed by atoms with Crippen LogP contribution in [0.3, 0.4) is 0 Å². The van der Waals surface area contributed by atoms with Gasteiger partial charge in [-0.1, -0.05) is 13.0 Å². The molecule has 0 radical (unpaired) electrons. The lowest BCUT2D eigenvalue weighted by molar-refractivity contribution is 0.0946. The van der Waals surface area contributed by atoms with Gasteiger partial charge in [0.1, 0.15) is 11.5 Å². The molecule has 0 bridgehead atoms. The van der Waals surface area contributed by atoms with Crippen molar-refractivity contribution in [2.24, 2.45) is 0 Å². The summed E-state index contributed by atoms with van der Waals surface area (Å²) in [7, 11) is 3.49. The van der Waals surface area contributed by atoms with E-state index in [1.54, 1.807) is 55.7 Å². The van der Waals surface area contributed by atoms with Gasteiger partial charge in [-0.15, -0.1) is 0 Å². The van der Waals surface area contributed by atoms with Crippen molar-refractivity contribution in [1.82, 2.24) is 30.6 Å². The fraction of sp³-hybridized carbons (Fsp3) is 0.364. The van der Waals surface area contributed by atoms with Crippen LogP contribution in [0.5, 0.6) is 5.75 Å². The maximum atomic E-state index is 15.3. The summed E-state index contributed by atoms with van der Waals surface area (Å²) in [5, 5.41) is 6.91. The van der Waals surface area contributed by atoms with Crippen LogP contribution in [0.1, 0.15) is 65.1 Å². The molecule has 0 aliphatic heterocycles. The number of ether oxygens (including phenoxy) is 1. The van der Waals surface area contributed by atoms with Crippen molar-refractivity contribution in [3.8, 4) is 17.0 Å². The summed E-state index contributed by atoms with van der Waals surface area (Å²) in [6.45, 7) is 2.95. The predicted octanol–water partition coefficient (Wildman–Crippen LogP) is 6.13. The van der Waals surface area contributed by atoms with E-state index < -0.39 is 11.7 Å².